The molecule has 7 aromatic rings. The van der Waals surface area contributed by atoms with Gasteiger partial charge in [-0.3, -0.25) is 9.59 Å². The molecule has 5 N–H and O–H groups in total. The zero-order valence-electron chi connectivity index (χ0n) is 36.2. The SMILES string of the molecule is Nc1ccccc1NC(=O)CCCCCCC(=O)NCc1ccccc1-c1ccc([C@@H]2O[C@H](CSc3nc(-c4ccccc4)c(-c4ccccc4)o3)C[C@H](c3ccc(CO)cc3)O2)cc1. The number of nitrogens with zero attached hydrogens (tertiary/aromatic N) is 1. The Morgan fingerprint density at radius 3 is 2.05 bits per heavy atom. The van der Waals surface area contributed by atoms with E-state index in [-0.39, 0.29) is 30.6 Å². The Kier molecular flexibility index (Phi) is 15.5. The molecule has 2 heterocycles. The van der Waals surface area contributed by atoms with Gasteiger partial charge in [-0.1, -0.05) is 170 Å². The number of thioether (sulfide) groups is 1. The summed E-state index contributed by atoms with van der Waals surface area (Å²) in [6, 6.07) is 51.6. The number of rotatable bonds is 19. The van der Waals surface area contributed by atoms with Crippen LogP contribution >= 0.6 is 11.8 Å². The fourth-order valence-electron chi connectivity index (χ4n) is 7.93. The maximum atomic E-state index is 12.9. The van der Waals surface area contributed by atoms with E-state index in [1.165, 1.54) is 11.8 Å². The molecule has 11 heteroatoms. The van der Waals surface area contributed by atoms with E-state index in [0.29, 0.717) is 48.2 Å². The van der Waals surface area contributed by atoms with E-state index in [0.717, 1.165) is 81.6 Å². The smallest absolute Gasteiger partial charge is 0.256 e. The van der Waals surface area contributed by atoms with E-state index in [9.17, 15) is 14.7 Å². The average Bonchev–Trinajstić information content (AvgIpc) is 3.79. The zero-order valence-corrected chi connectivity index (χ0v) is 37.1. The Labute approximate surface area is 384 Å². The van der Waals surface area contributed by atoms with Crippen molar-refractivity contribution in [3.63, 3.8) is 0 Å². The number of aromatic nitrogens is 1. The second-order valence-corrected chi connectivity index (χ2v) is 17.1. The first kappa shape index (κ1) is 45.1. The summed E-state index contributed by atoms with van der Waals surface area (Å²) in [5, 5.41) is 16.2. The van der Waals surface area contributed by atoms with Crippen LogP contribution in [0.4, 0.5) is 11.4 Å². The molecule has 1 aliphatic heterocycles. The molecule has 10 nitrogen and oxygen atoms in total. The summed E-state index contributed by atoms with van der Waals surface area (Å²) in [7, 11) is 0. The van der Waals surface area contributed by atoms with Crippen LogP contribution in [0.2, 0.25) is 0 Å². The minimum absolute atomic E-state index is 0.00316. The fourth-order valence-corrected chi connectivity index (χ4v) is 8.77. The number of unbranched alkanes of at least 4 members (excludes halogenated alkanes) is 3. The molecule has 1 saturated heterocycles. The molecular weight excluding hydrogens is 833 g/mol. The number of nitrogens with two attached hydrogens (primary N) is 1. The number of hydrogen-bond acceptors (Lipinski definition) is 9. The Hall–Kier alpha value is -6.50. The van der Waals surface area contributed by atoms with Crippen LogP contribution < -0.4 is 16.4 Å². The minimum Gasteiger partial charge on any atom is -0.431 e. The van der Waals surface area contributed by atoms with Gasteiger partial charge in [0.05, 0.1) is 30.2 Å². The van der Waals surface area contributed by atoms with Crippen LogP contribution in [0.5, 0.6) is 0 Å². The van der Waals surface area contributed by atoms with E-state index in [1.54, 1.807) is 12.1 Å². The Balaban J connectivity index is 0.883. The zero-order chi connectivity index (χ0) is 44.8. The van der Waals surface area contributed by atoms with Gasteiger partial charge < -0.3 is 35.4 Å². The van der Waals surface area contributed by atoms with E-state index in [1.807, 2.05) is 127 Å². The van der Waals surface area contributed by atoms with E-state index >= 15 is 0 Å². The number of aliphatic hydroxyl groups excluding tert-OH is 1. The molecule has 1 aromatic heterocycles. The highest BCUT2D eigenvalue weighted by molar-refractivity contribution is 7.99. The first-order chi connectivity index (χ1) is 31.9. The van der Waals surface area contributed by atoms with Gasteiger partial charge in [-0.05, 0) is 52.8 Å². The molecule has 0 saturated carbocycles. The standard InChI is InChI=1S/C54H54N4O6S/c55-46-21-13-14-22-47(46)57-50(61)24-10-2-1-9-23-49(60)56-34-43-19-11-12-20-45(43)38-29-31-42(32-30-38)53-62-44(33-48(63-53)39-27-25-37(35-59)26-28-39)36-65-54-58-51(40-15-5-3-6-16-40)52(64-54)41-17-7-4-8-18-41/h3-8,11-22,25-32,44,48,53,59H,1-2,9-10,23-24,33-36,55H2,(H,56,60)(H,57,61)/t44-,48+,53+/m0/s1. The number of para-hydroxylation sites is 2. The van der Waals surface area contributed by atoms with Crippen molar-refractivity contribution in [3.8, 4) is 33.7 Å². The van der Waals surface area contributed by atoms with Crippen molar-refractivity contribution in [1.82, 2.24) is 10.3 Å². The van der Waals surface area contributed by atoms with Gasteiger partial charge in [0.1, 0.15) is 5.69 Å². The molecule has 0 unspecified atom stereocenters. The Morgan fingerprint density at radius 1 is 0.677 bits per heavy atom. The van der Waals surface area contributed by atoms with E-state index in [4.69, 9.17) is 24.6 Å². The van der Waals surface area contributed by atoms with Gasteiger partial charge in [-0.2, -0.15) is 0 Å². The lowest BCUT2D eigenvalue weighted by atomic mass is 9.97. The van der Waals surface area contributed by atoms with Crippen LogP contribution in [0.25, 0.3) is 33.7 Å². The molecule has 65 heavy (non-hydrogen) atoms. The van der Waals surface area contributed by atoms with Crippen molar-refractivity contribution in [3.05, 3.63) is 180 Å². The maximum Gasteiger partial charge on any atom is 0.256 e. The third-order valence-corrected chi connectivity index (χ3v) is 12.4. The van der Waals surface area contributed by atoms with Crippen LogP contribution in [-0.4, -0.2) is 33.8 Å². The van der Waals surface area contributed by atoms with Crippen LogP contribution in [0, 0.1) is 0 Å². The molecule has 1 fully saturated rings. The molecule has 0 radical (unpaired) electrons. The van der Waals surface area contributed by atoms with Crippen molar-refractivity contribution in [2.24, 2.45) is 0 Å². The number of ether oxygens (including phenoxy) is 2. The quantitative estimate of drug-likeness (QED) is 0.0354. The Bertz CT molecular complexity index is 2560. The van der Waals surface area contributed by atoms with E-state index < -0.39 is 6.29 Å². The summed E-state index contributed by atoms with van der Waals surface area (Å²) in [6.45, 7) is 0.385. The largest absolute Gasteiger partial charge is 0.431 e. The highest BCUT2D eigenvalue weighted by atomic mass is 32.2. The molecular formula is C54H54N4O6S. The first-order valence-electron chi connectivity index (χ1n) is 22.2. The lowest BCUT2D eigenvalue weighted by Gasteiger charge is -2.36. The maximum absolute atomic E-state index is 12.9. The van der Waals surface area contributed by atoms with Gasteiger partial charge in [0, 0.05) is 48.3 Å². The number of carbonyl (C=O) groups is 2. The normalized spacial score (nSPS) is 15.9. The number of oxazole rings is 1. The fraction of sp³-hybridized carbons (Fsp3) is 0.241. The highest BCUT2D eigenvalue weighted by Gasteiger charge is 2.33. The molecule has 0 bridgehead atoms. The van der Waals surface area contributed by atoms with Gasteiger partial charge in [-0.25, -0.2) is 4.98 Å². The number of nitrogen functional groups attached to an aromatic ring is 1. The van der Waals surface area contributed by atoms with Crippen molar-refractivity contribution < 1.29 is 28.6 Å². The first-order valence-corrected chi connectivity index (χ1v) is 23.2. The highest BCUT2D eigenvalue weighted by Crippen LogP contribution is 2.41. The number of carbonyl (C=O) groups excluding carboxylic acids is 2. The summed E-state index contributed by atoms with van der Waals surface area (Å²) in [4.78, 5) is 30.2. The number of benzene rings is 6. The van der Waals surface area contributed by atoms with Crippen molar-refractivity contribution in [2.75, 3.05) is 16.8 Å². The van der Waals surface area contributed by atoms with Gasteiger partial charge in [0.15, 0.2) is 12.1 Å². The van der Waals surface area contributed by atoms with Gasteiger partial charge in [0.25, 0.3) is 5.22 Å². The average molecular weight is 887 g/mol. The summed E-state index contributed by atoms with van der Waals surface area (Å²) >= 11 is 1.53. The number of anilines is 2. The van der Waals surface area contributed by atoms with Crippen molar-refractivity contribution in [2.45, 2.75) is 81.8 Å². The minimum atomic E-state index is -0.629. The van der Waals surface area contributed by atoms with Crippen LogP contribution in [-0.2, 0) is 32.2 Å². The predicted octanol–water partition coefficient (Wildman–Crippen LogP) is 11.7. The molecule has 1 aliphatic rings. The van der Waals surface area contributed by atoms with Crippen molar-refractivity contribution in [1.29, 1.82) is 0 Å². The summed E-state index contributed by atoms with van der Waals surface area (Å²) in [6.07, 6.45) is 3.65. The lowest BCUT2D eigenvalue weighted by molar-refractivity contribution is -0.245. The molecule has 332 valence electrons. The van der Waals surface area contributed by atoms with Gasteiger partial charge in [-0.15, -0.1) is 0 Å². The molecule has 2 amide bonds. The lowest BCUT2D eigenvalue weighted by Crippen LogP contribution is -2.31. The molecule has 3 atom stereocenters. The predicted molar refractivity (Wildman–Crippen MR) is 257 cm³/mol. The van der Waals surface area contributed by atoms with Crippen LogP contribution in [0.1, 0.15) is 79.6 Å². The van der Waals surface area contributed by atoms with Crippen LogP contribution in [0.15, 0.2) is 167 Å². The number of hydrogen-bond donors (Lipinski definition) is 4. The topological polar surface area (TPSA) is 149 Å². The monoisotopic (exact) mass is 886 g/mol. The molecule has 0 aliphatic carbocycles. The van der Waals surface area contributed by atoms with E-state index in [2.05, 4.69) is 28.8 Å². The second-order valence-electron chi connectivity index (χ2n) is 16.2. The second kappa shape index (κ2) is 22.4. The summed E-state index contributed by atoms with van der Waals surface area (Å²) in [5.74, 6) is 1.27. The molecule has 8 rings (SSSR count). The third kappa shape index (κ3) is 12.2. The number of amides is 2. The molecule has 0 spiro atoms. The third-order valence-electron chi connectivity index (χ3n) is 11.5. The summed E-state index contributed by atoms with van der Waals surface area (Å²) in [5.41, 5.74) is 15.7. The molecule has 6 aromatic carbocycles. The van der Waals surface area contributed by atoms with Gasteiger partial charge >= 0.3 is 0 Å². The Morgan fingerprint density at radius 2 is 1.32 bits per heavy atom. The van der Waals surface area contributed by atoms with Gasteiger partial charge in [0.2, 0.25) is 11.8 Å². The summed E-state index contributed by atoms with van der Waals surface area (Å²) < 4.78 is 19.8. The van der Waals surface area contributed by atoms with Crippen molar-refractivity contribution >= 4 is 35.0 Å². The van der Waals surface area contributed by atoms with Crippen LogP contribution in [0.3, 0.4) is 0 Å². The number of aliphatic hydroxyl groups is 1. The number of nitrogens with one attached hydrogen (secondary N) is 2.